The summed E-state index contributed by atoms with van der Waals surface area (Å²) in [5.41, 5.74) is 0.833. The predicted molar refractivity (Wildman–Crippen MR) is 90.3 cm³/mol. The van der Waals surface area contributed by atoms with Crippen LogP contribution < -0.4 is 10.1 Å². The highest BCUT2D eigenvalue weighted by molar-refractivity contribution is 9.11. The van der Waals surface area contributed by atoms with E-state index in [0.29, 0.717) is 5.75 Å². The average molecular weight is 431 g/mol. The van der Waals surface area contributed by atoms with Gasteiger partial charge in [-0.3, -0.25) is 4.79 Å². The minimum atomic E-state index is -0.300. The normalized spacial score (nSPS) is 11.8. The Bertz CT molecular complexity index is 662. The van der Waals surface area contributed by atoms with E-state index in [9.17, 15) is 9.18 Å². The molecule has 0 aromatic heterocycles. The molecule has 3 nitrogen and oxygen atoms in total. The molecule has 0 radical (unpaired) electrons. The minimum Gasteiger partial charge on any atom is -0.483 e. The van der Waals surface area contributed by atoms with Gasteiger partial charge in [-0.1, -0.05) is 28.1 Å². The van der Waals surface area contributed by atoms with E-state index in [2.05, 4.69) is 37.2 Å². The van der Waals surface area contributed by atoms with Crippen molar-refractivity contribution in [3.63, 3.8) is 0 Å². The molecule has 0 heterocycles. The van der Waals surface area contributed by atoms with Crippen LogP contribution in [0.3, 0.4) is 0 Å². The van der Waals surface area contributed by atoms with Gasteiger partial charge in [-0.05, 0) is 58.7 Å². The molecule has 0 aliphatic carbocycles. The van der Waals surface area contributed by atoms with Crippen LogP contribution in [0.25, 0.3) is 0 Å². The van der Waals surface area contributed by atoms with Crippen LogP contribution in [0.2, 0.25) is 0 Å². The van der Waals surface area contributed by atoms with E-state index in [1.54, 1.807) is 18.2 Å². The summed E-state index contributed by atoms with van der Waals surface area (Å²) in [5, 5.41) is 2.81. The van der Waals surface area contributed by atoms with Crippen LogP contribution in [-0.2, 0) is 4.79 Å². The third kappa shape index (κ3) is 4.81. The Morgan fingerprint density at radius 2 is 1.91 bits per heavy atom. The second-order valence-electron chi connectivity index (χ2n) is 4.70. The molecule has 2 aromatic carbocycles. The fourth-order valence-corrected chi connectivity index (χ4v) is 3.02. The Labute approximate surface area is 145 Å². The highest BCUT2D eigenvalue weighted by Crippen LogP contribution is 2.28. The van der Waals surface area contributed by atoms with E-state index in [1.165, 1.54) is 12.1 Å². The maximum Gasteiger partial charge on any atom is 0.258 e. The zero-order valence-corrected chi connectivity index (χ0v) is 14.9. The van der Waals surface area contributed by atoms with E-state index in [-0.39, 0.29) is 24.4 Å². The van der Waals surface area contributed by atoms with Crippen molar-refractivity contribution in [1.82, 2.24) is 5.32 Å². The molecule has 0 aliphatic rings. The molecule has 0 saturated heterocycles. The molecule has 1 atom stereocenters. The van der Waals surface area contributed by atoms with Crippen molar-refractivity contribution >= 4 is 37.8 Å². The third-order valence-electron chi connectivity index (χ3n) is 3.00. The van der Waals surface area contributed by atoms with Crippen molar-refractivity contribution in [2.45, 2.75) is 13.0 Å². The topological polar surface area (TPSA) is 38.3 Å². The van der Waals surface area contributed by atoms with Gasteiger partial charge in [-0.2, -0.15) is 0 Å². The molecule has 1 amide bonds. The number of halogens is 3. The first-order valence-corrected chi connectivity index (χ1v) is 8.17. The Hall–Kier alpha value is -1.40. The average Bonchev–Trinajstić information content (AvgIpc) is 2.47. The first-order chi connectivity index (χ1) is 10.5. The summed E-state index contributed by atoms with van der Waals surface area (Å²) in [6, 6.07) is 11.3. The maximum atomic E-state index is 12.9. The summed E-state index contributed by atoms with van der Waals surface area (Å²) in [6.45, 7) is 1.74. The Morgan fingerprint density at radius 1 is 1.23 bits per heavy atom. The second kappa shape index (κ2) is 7.74. The minimum absolute atomic E-state index is 0.0915. The number of ether oxygens (including phenoxy) is 1. The Kier molecular flexibility index (Phi) is 5.97. The summed E-state index contributed by atoms with van der Waals surface area (Å²) in [6.07, 6.45) is 0. The van der Waals surface area contributed by atoms with Crippen molar-refractivity contribution in [1.29, 1.82) is 0 Å². The third-order valence-corrected chi connectivity index (χ3v) is 4.11. The highest BCUT2D eigenvalue weighted by Gasteiger charge is 2.11. The first kappa shape index (κ1) is 17.0. The number of benzene rings is 2. The summed E-state index contributed by atoms with van der Waals surface area (Å²) in [4.78, 5) is 11.9. The first-order valence-electron chi connectivity index (χ1n) is 6.58. The van der Waals surface area contributed by atoms with Crippen LogP contribution in [0.1, 0.15) is 18.5 Å². The lowest BCUT2D eigenvalue weighted by Gasteiger charge is -2.15. The Morgan fingerprint density at radius 3 is 2.55 bits per heavy atom. The second-order valence-corrected chi connectivity index (χ2v) is 6.47. The van der Waals surface area contributed by atoms with Crippen LogP contribution in [0.15, 0.2) is 51.4 Å². The van der Waals surface area contributed by atoms with Crippen molar-refractivity contribution in [3.8, 4) is 5.75 Å². The highest BCUT2D eigenvalue weighted by atomic mass is 79.9. The number of carbonyl (C=O) groups excluding carboxylic acids is 1. The fourth-order valence-electron chi connectivity index (χ4n) is 1.85. The number of rotatable bonds is 5. The Balaban J connectivity index is 1.88. The van der Waals surface area contributed by atoms with E-state index < -0.39 is 0 Å². The van der Waals surface area contributed by atoms with Gasteiger partial charge in [0.1, 0.15) is 11.6 Å². The van der Waals surface area contributed by atoms with Crippen molar-refractivity contribution in [3.05, 3.63) is 62.8 Å². The molecular weight excluding hydrogens is 417 g/mol. The van der Waals surface area contributed by atoms with Gasteiger partial charge < -0.3 is 10.1 Å². The smallest absolute Gasteiger partial charge is 0.258 e. The van der Waals surface area contributed by atoms with Gasteiger partial charge >= 0.3 is 0 Å². The summed E-state index contributed by atoms with van der Waals surface area (Å²) in [5.74, 6) is 0.0464. The van der Waals surface area contributed by atoms with Gasteiger partial charge in [0.2, 0.25) is 0 Å². The number of amides is 1. The lowest BCUT2D eigenvalue weighted by atomic mass is 10.1. The van der Waals surface area contributed by atoms with Crippen molar-refractivity contribution < 1.29 is 13.9 Å². The lowest BCUT2D eigenvalue weighted by molar-refractivity contribution is -0.123. The zero-order valence-electron chi connectivity index (χ0n) is 11.8. The number of hydrogen-bond donors (Lipinski definition) is 1. The quantitative estimate of drug-likeness (QED) is 0.752. The molecule has 2 aromatic rings. The van der Waals surface area contributed by atoms with E-state index >= 15 is 0 Å². The standard InChI is InChI=1S/C16H14Br2FNO2/c1-10(11-2-5-13(19)6-3-11)20-16(21)9-22-15-7-4-12(17)8-14(15)18/h2-8,10H,9H2,1H3,(H,20,21). The molecule has 2 rings (SSSR count). The molecule has 0 saturated carbocycles. The van der Waals surface area contributed by atoms with Crippen LogP contribution >= 0.6 is 31.9 Å². The van der Waals surface area contributed by atoms with Crippen LogP contribution in [-0.4, -0.2) is 12.5 Å². The summed E-state index contributed by atoms with van der Waals surface area (Å²) < 4.78 is 20.0. The van der Waals surface area contributed by atoms with Gasteiger partial charge in [0.15, 0.2) is 6.61 Å². The lowest BCUT2D eigenvalue weighted by Crippen LogP contribution is -2.31. The molecule has 1 unspecified atom stereocenters. The van der Waals surface area contributed by atoms with Crippen molar-refractivity contribution in [2.24, 2.45) is 0 Å². The zero-order chi connectivity index (χ0) is 16.1. The molecule has 1 N–H and O–H groups in total. The summed E-state index contributed by atoms with van der Waals surface area (Å²) in [7, 11) is 0. The number of nitrogens with one attached hydrogen (secondary N) is 1. The fraction of sp³-hybridized carbons (Fsp3) is 0.188. The molecular formula is C16H14Br2FNO2. The van der Waals surface area contributed by atoms with Crippen LogP contribution in [0, 0.1) is 5.82 Å². The SMILES string of the molecule is CC(NC(=O)COc1ccc(Br)cc1Br)c1ccc(F)cc1. The van der Waals surface area contributed by atoms with Gasteiger partial charge in [-0.15, -0.1) is 0 Å². The molecule has 0 bridgehead atoms. The monoisotopic (exact) mass is 429 g/mol. The van der Waals surface area contributed by atoms with E-state index in [4.69, 9.17) is 4.74 Å². The van der Waals surface area contributed by atoms with Gasteiger partial charge in [-0.25, -0.2) is 4.39 Å². The number of hydrogen-bond acceptors (Lipinski definition) is 2. The van der Waals surface area contributed by atoms with Crippen LogP contribution in [0.5, 0.6) is 5.75 Å². The van der Waals surface area contributed by atoms with Gasteiger partial charge in [0, 0.05) is 4.47 Å². The summed E-state index contributed by atoms with van der Waals surface area (Å²) >= 11 is 6.72. The molecule has 6 heteroatoms. The van der Waals surface area contributed by atoms with Gasteiger partial charge in [0.25, 0.3) is 5.91 Å². The van der Waals surface area contributed by atoms with E-state index in [0.717, 1.165) is 14.5 Å². The molecule has 116 valence electrons. The number of carbonyl (C=O) groups is 1. The van der Waals surface area contributed by atoms with Crippen LogP contribution in [0.4, 0.5) is 4.39 Å². The molecule has 0 spiro atoms. The van der Waals surface area contributed by atoms with Crippen molar-refractivity contribution in [2.75, 3.05) is 6.61 Å². The maximum absolute atomic E-state index is 12.9. The largest absolute Gasteiger partial charge is 0.483 e. The van der Waals surface area contributed by atoms with Gasteiger partial charge in [0.05, 0.1) is 10.5 Å². The molecule has 0 aliphatic heterocycles. The molecule has 0 fully saturated rings. The molecule has 22 heavy (non-hydrogen) atoms. The predicted octanol–water partition coefficient (Wildman–Crippen LogP) is 4.61. The van der Waals surface area contributed by atoms with E-state index in [1.807, 2.05) is 19.1 Å².